The third-order valence-electron chi connectivity index (χ3n) is 6.42. The molecule has 1 aliphatic carbocycles. The lowest BCUT2D eigenvalue weighted by Gasteiger charge is -2.30. The van der Waals surface area contributed by atoms with Crippen LogP contribution in [0.4, 0.5) is 18.9 Å². The highest BCUT2D eigenvalue weighted by Crippen LogP contribution is 2.34. The first-order valence-electron chi connectivity index (χ1n) is 11.2. The van der Waals surface area contributed by atoms with Gasteiger partial charge in [0.2, 0.25) is 0 Å². The van der Waals surface area contributed by atoms with Crippen molar-refractivity contribution in [1.82, 2.24) is 19.9 Å². The number of amides is 1. The minimum absolute atomic E-state index is 0.0193. The maximum absolute atomic E-state index is 13.3. The van der Waals surface area contributed by atoms with Crippen LogP contribution in [-0.4, -0.2) is 32.5 Å². The minimum Gasteiger partial charge on any atom is -0.382 e. The van der Waals surface area contributed by atoms with Crippen LogP contribution in [-0.2, 0) is 13.2 Å². The van der Waals surface area contributed by atoms with Crippen molar-refractivity contribution in [2.24, 2.45) is 7.05 Å². The summed E-state index contributed by atoms with van der Waals surface area (Å²) in [5.74, 6) is -0.130. The molecule has 0 unspecified atom stereocenters. The van der Waals surface area contributed by atoms with E-state index in [1.54, 1.807) is 36.7 Å². The summed E-state index contributed by atoms with van der Waals surface area (Å²) in [7, 11) is 1.88. The normalized spacial score (nSPS) is 18.8. The second-order valence-electron chi connectivity index (χ2n) is 8.80. The highest BCUT2D eigenvalue weighted by Gasteiger charge is 2.34. The zero-order valence-electron chi connectivity index (χ0n) is 18.6. The number of fused-ring (bicyclic) bond motifs is 2. The van der Waals surface area contributed by atoms with Crippen molar-refractivity contribution in [1.29, 1.82) is 0 Å². The van der Waals surface area contributed by atoms with E-state index in [1.165, 1.54) is 0 Å². The Morgan fingerprint density at radius 3 is 2.50 bits per heavy atom. The van der Waals surface area contributed by atoms with E-state index in [-0.39, 0.29) is 18.0 Å². The predicted molar refractivity (Wildman–Crippen MR) is 125 cm³/mol. The monoisotopic (exact) mass is 467 g/mol. The van der Waals surface area contributed by atoms with Crippen LogP contribution >= 0.6 is 0 Å². The first-order chi connectivity index (χ1) is 16.3. The maximum Gasteiger partial charge on any atom is 0.433 e. The van der Waals surface area contributed by atoms with Crippen LogP contribution in [0.15, 0.2) is 54.9 Å². The zero-order chi connectivity index (χ0) is 23.9. The number of imidazole rings is 1. The van der Waals surface area contributed by atoms with Gasteiger partial charge in [-0.1, -0.05) is 18.2 Å². The minimum atomic E-state index is -4.51. The summed E-state index contributed by atoms with van der Waals surface area (Å²) < 4.78 is 41.9. The lowest BCUT2D eigenvalue weighted by Crippen LogP contribution is -2.40. The number of carbonyl (C=O) groups excluding carboxylic acids is 1. The second-order valence-corrected chi connectivity index (χ2v) is 8.80. The summed E-state index contributed by atoms with van der Waals surface area (Å²) in [4.78, 5) is 20.8. The SMILES string of the molecule is Cn1cnc2ccc(C(=O)NC3CCC(Nc4cc(C(F)(F)F)nc5ccccc45)CC3)cc21. The fourth-order valence-electron chi connectivity index (χ4n) is 4.58. The van der Waals surface area contributed by atoms with Gasteiger partial charge >= 0.3 is 6.18 Å². The quantitative estimate of drug-likeness (QED) is 0.428. The molecule has 2 N–H and O–H groups in total. The Bertz CT molecular complexity index is 1360. The molecule has 1 aliphatic rings. The summed E-state index contributed by atoms with van der Waals surface area (Å²) in [5, 5.41) is 7.07. The number of aryl methyl sites for hydroxylation is 1. The van der Waals surface area contributed by atoms with Crippen LogP contribution in [0.3, 0.4) is 0 Å². The van der Waals surface area contributed by atoms with E-state index in [9.17, 15) is 18.0 Å². The molecule has 0 bridgehead atoms. The van der Waals surface area contributed by atoms with E-state index in [2.05, 4.69) is 20.6 Å². The average Bonchev–Trinajstić information content (AvgIpc) is 3.19. The van der Waals surface area contributed by atoms with Crippen LogP contribution in [0.25, 0.3) is 21.9 Å². The molecule has 0 aliphatic heterocycles. The smallest absolute Gasteiger partial charge is 0.382 e. The molecule has 0 spiro atoms. The Morgan fingerprint density at radius 2 is 1.74 bits per heavy atom. The Kier molecular flexibility index (Phi) is 5.63. The van der Waals surface area contributed by atoms with Crippen LogP contribution < -0.4 is 10.6 Å². The van der Waals surface area contributed by atoms with Crippen LogP contribution in [0.2, 0.25) is 0 Å². The van der Waals surface area contributed by atoms with Crippen molar-refractivity contribution in [2.45, 2.75) is 43.9 Å². The van der Waals surface area contributed by atoms with Gasteiger partial charge in [-0.05, 0) is 56.0 Å². The van der Waals surface area contributed by atoms with Crippen molar-refractivity contribution in [3.05, 3.63) is 66.1 Å². The van der Waals surface area contributed by atoms with Gasteiger partial charge in [0, 0.05) is 35.8 Å². The largest absolute Gasteiger partial charge is 0.433 e. The van der Waals surface area contributed by atoms with Crippen molar-refractivity contribution >= 4 is 33.5 Å². The number of para-hydroxylation sites is 1. The van der Waals surface area contributed by atoms with E-state index in [1.807, 2.05) is 23.7 Å². The molecule has 0 atom stereocenters. The van der Waals surface area contributed by atoms with Crippen molar-refractivity contribution in [2.75, 3.05) is 5.32 Å². The Morgan fingerprint density at radius 1 is 1.00 bits per heavy atom. The number of rotatable bonds is 4. The third kappa shape index (κ3) is 4.42. The van der Waals surface area contributed by atoms with Gasteiger partial charge in [-0.15, -0.1) is 0 Å². The Labute approximate surface area is 194 Å². The number of carbonyl (C=O) groups is 1. The highest BCUT2D eigenvalue weighted by atomic mass is 19.4. The predicted octanol–water partition coefficient (Wildman–Crippen LogP) is 5.29. The van der Waals surface area contributed by atoms with E-state index in [4.69, 9.17) is 0 Å². The zero-order valence-corrected chi connectivity index (χ0v) is 18.6. The lowest BCUT2D eigenvalue weighted by atomic mass is 9.90. The van der Waals surface area contributed by atoms with Crippen molar-refractivity contribution in [3.8, 4) is 0 Å². The number of hydrogen-bond donors (Lipinski definition) is 2. The van der Waals surface area contributed by atoms with Gasteiger partial charge in [0.05, 0.1) is 22.9 Å². The fraction of sp³-hybridized carbons (Fsp3) is 0.320. The molecule has 1 fully saturated rings. The fourth-order valence-corrected chi connectivity index (χ4v) is 4.58. The average molecular weight is 467 g/mol. The molecule has 6 nitrogen and oxygen atoms in total. The summed E-state index contributed by atoms with van der Waals surface area (Å²) in [6.07, 6.45) is 0.164. The molecule has 2 aromatic heterocycles. The van der Waals surface area contributed by atoms with Crippen molar-refractivity contribution < 1.29 is 18.0 Å². The molecule has 0 radical (unpaired) electrons. The van der Waals surface area contributed by atoms with Gasteiger partial charge < -0.3 is 15.2 Å². The molecule has 1 amide bonds. The van der Waals surface area contributed by atoms with Gasteiger partial charge in [-0.25, -0.2) is 9.97 Å². The molecule has 0 saturated heterocycles. The molecular formula is C25H24F3N5O. The molecule has 1 saturated carbocycles. The number of pyridine rings is 1. The standard InChI is InChI=1S/C25H24F3N5O/c1-33-14-29-20-11-6-15(12-22(20)33)24(34)31-17-9-7-16(8-10-17)30-21-13-23(25(26,27)28)32-19-5-3-2-4-18(19)21/h2-6,11-14,16-17H,7-10H2,1H3,(H,30,32)(H,31,34). The number of halogens is 3. The molecule has 9 heteroatoms. The first kappa shape index (κ1) is 22.2. The van der Waals surface area contributed by atoms with Gasteiger partial charge in [0.1, 0.15) is 5.69 Å². The van der Waals surface area contributed by atoms with E-state index < -0.39 is 11.9 Å². The number of anilines is 1. The number of hydrogen-bond acceptors (Lipinski definition) is 4. The topological polar surface area (TPSA) is 71.8 Å². The second kappa shape index (κ2) is 8.62. The third-order valence-corrected chi connectivity index (χ3v) is 6.42. The molecule has 176 valence electrons. The molecule has 34 heavy (non-hydrogen) atoms. The molecular weight excluding hydrogens is 443 g/mol. The number of aromatic nitrogens is 3. The van der Waals surface area contributed by atoms with Gasteiger partial charge in [-0.2, -0.15) is 13.2 Å². The number of alkyl halides is 3. The van der Waals surface area contributed by atoms with E-state index in [0.717, 1.165) is 42.8 Å². The van der Waals surface area contributed by atoms with Crippen LogP contribution in [0, 0.1) is 0 Å². The number of nitrogens with zero attached hydrogens (tertiary/aromatic N) is 3. The number of benzene rings is 2. The summed E-state index contributed by atoms with van der Waals surface area (Å²) >= 11 is 0. The molecule has 4 aromatic rings. The molecule has 2 heterocycles. The summed E-state index contributed by atoms with van der Waals surface area (Å²) in [6.45, 7) is 0. The molecule has 2 aromatic carbocycles. The first-order valence-corrected chi connectivity index (χ1v) is 11.2. The Balaban J connectivity index is 1.24. The highest BCUT2D eigenvalue weighted by molar-refractivity contribution is 5.97. The maximum atomic E-state index is 13.3. The molecule has 5 rings (SSSR count). The number of nitrogens with one attached hydrogen (secondary N) is 2. The van der Waals surface area contributed by atoms with Crippen LogP contribution in [0.1, 0.15) is 41.7 Å². The summed E-state index contributed by atoms with van der Waals surface area (Å²) in [5.41, 5.74) is 2.16. The van der Waals surface area contributed by atoms with Gasteiger partial charge in [0.15, 0.2) is 0 Å². The lowest BCUT2D eigenvalue weighted by molar-refractivity contribution is -0.140. The van der Waals surface area contributed by atoms with E-state index in [0.29, 0.717) is 22.2 Å². The van der Waals surface area contributed by atoms with Crippen molar-refractivity contribution in [3.63, 3.8) is 0 Å². The summed E-state index contributed by atoms with van der Waals surface area (Å²) in [6, 6.07) is 13.4. The van der Waals surface area contributed by atoms with Gasteiger partial charge in [-0.3, -0.25) is 4.79 Å². The Hall–Kier alpha value is -3.62. The van der Waals surface area contributed by atoms with Crippen LogP contribution in [0.5, 0.6) is 0 Å². The van der Waals surface area contributed by atoms with Gasteiger partial charge in [0.25, 0.3) is 5.91 Å². The van der Waals surface area contributed by atoms with E-state index >= 15 is 0 Å².